The molecule has 96 valence electrons. The lowest BCUT2D eigenvalue weighted by Gasteiger charge is -2.11. The number of hydrogen-bond acceptors (Lipinski definition) is 5. The van der Waals surface area contributed by atoms with Crippen molar-refractivity contribution in [2.24, 2.45) is 0 Å². The van der Waals surface area contributed by atoms with Crippen molar-refractivity contribution in [3.05, 3.63) is 10.6 Å². The number of anilines is 1. The van der Waals surface area contributed by atoms with Gasteiger partial charge in [0.05, 0.1) is 5.69 Å². The summed E-state index contributed by atoms with van der Waals surface area (Å²) in [5.74, 6) is -0.117. The fraction of sp³-hybridized carbons (Fsp3) is 0.636. The first-order chi connectivity index (χ1) is 7.95. The molecule has 0 saturated heterocycles. The van der Waals surface area contributed by atoms with Crippen LogP contribution in [0.1, 0.15) is 28.7 Å². The van der Waals surface area contributed by atoms with Crippen LogP contribution in [0.5, 0.6) is 0 Å². The van der Waals surface area contributed by atoms with Crippen molar-refractivity contribution >= 4 is 22.4 Å². The lowest BCUT2D eigenvalue weighted by molar-refractivity contribution is 0.0937. The monoisotopic (exact) mass is 257 g/mol. The van der Waals surface area contributed by atoms with Crippen molar-refractivity contribution in [3.63, 3.8) is 0 Å². The third kappa shape index (κ3) is 3.67. The molecule has 0 saturated carbocycles. The molecule has 1 heterocycles. The highest BCUT2D eigenvalue weighted by atomic mass is 32.1. The molecule has 0 spiro atoms. The topological polar surface area (TPSA) is 65.5 Å². The van der Waals surface area contributed by atoms with Crippen LogP contribution in [0.25, 0.3) is 0 Å². The minimum atomic E-state index is -0.117. The smallest absolute Gasteiger partial charge is 0.263 e. The Morgan fingerprint density at radius 2 is 2.24 bits per heavy atom. The Morgan fingerprint density at radius 3 is 2.71 bits per heavy atom. The van der Waals surface area contributed by atoms with E-state index in [1.165, 1.54) is 11.3 Å². The number of carbonyl (C=O) groups excluding carboxylic acids is 1. The normalized spacial score (nSPS) is 12.3. The maximum absolute atomic E-state index is 11.9. The average Bonchev–Trinajstić information content (AvgIpc) is 2.60. The number of aryl methyl sites for hydroxylation is 1. The molecule has 1 atom stereocenters. The number of nitrogens with one attached hydrogen (secondary N) is 1. The Bertz CT molecular complexity index is 390. The summed E-state index contributed by atoms with van der Waals surface area (Å²) in [5, 5.41) is 12.4. The number of thiazole rings is 1. The molecular formula is C11H19N3O2S. The van der Waals surface area contributed by atoms with Crippen LogP contribution in [0.3, 0.4) is 0 Å². The SMILES string of the molecule is Cc1nc(N(C)C)sc1C(=O)NC(C)CCO. The first-order valence-electron chi connectivity index (χ1n) is 5.52. The molecule has 0 radical (unpaired) electrons. The number of rotatable bonds is 5. The van der Waals surface area contributed by atoms with Crippen LogP contribution in [0.2, 0.25) is 0 Å². The second-order valence-corrected chi connectivity index (χ2v) is 5.17. The molecule has 0 bridgehead atoms. The number of carbonyl (C=O) groups is 1. The zero-order valence-corrected chi connectivity index (χ0v) is 11.5. The van der Waals surface area contributed by atoms with E-state index in [1.807, 2.05) is 32.8 Å². The van der Waals surface area contributed by atoms with Crippen LogP contribution >= 0.6 is 11.3 Å². The summed E-state index contributed by atoms with van der Waals surface area (Å²) in [6, 6.07) is -0.0307. The van der Waals surface area contributed by atoms with Gasteiger partial charge in [0.2, 0.25) is 0 Å². The second kappa shape index (κ2) is 5.97. The zero-order valence-electron chi connectivity index (χ0n) is 10.6. The molecule has 1 unspecified atom stereocenters. The van der Waals surface area contributed by atoms with Crippen molar-refractivity contribution < 1.29 is 9.90 Å². The predicted octanol–water partition coefficient (Wildman–Crippen LogP) is 1.02. The summed E-state index contributed by atoms with van der Waals surface area (Å²) < 4.78 is 0. The van der Waals surface area contributed by atoms with E-state index in [2.05, 4.69) is 10.3 Å². The van der Waals surface area contributed by atoms with E-state index in [1.54, 1.807) is 0 Å². The van der Waals surface area contributed by atoms with E-state index in [0.717, 1.165) is 10.8 Å². The fourth-order valence-electron chi connectivity index (χ4n) is 1.34. The van der Waals surface area contributed by atoms with Crippen molar-refractivity contribution in [1.82, 2.24) is 10.3 Å². The van der Waals surface area contributed by atoms with Gasteiger partial charge in [0.1, 0.15) is 4.88 Å². The van der Waals surface area contributed by atoms with Gasteiger partial charge in [-0.15, -0.1) is 0 Å². The van der Waals surface area contributed by atoms with Crippen LogP contribution in [0, 0.1) is 6.92 Å². The van der Waals surface area contributed by atoms with E-state index in [-0.39, 0.29) is 18.6 Å². The van der Waals surface area contributed by atoms with Crippen LogP contribution in [-0.4, -0.2) is 42.7 Å². The van der Waals surface area contributed by atoms with Crippen LogP contribution in [0.4, 0.5) is 5.13 Å². The first-order valence-corrected chi connectivity index (χ1v) is 6.33. The van der Waals surface area contributed by atoms with Gasteiger partial charge in [0.15, 0.2) is 5.13 Å². The molecule has 1 rings (SSSR count). The molecule has 6 heteroatoms. The molecule has 0 aliphatic carbocycles. The molecule has 0 aromatic carbocycles. The van der Waals surface area contributed by atoms with Gasteiger partial charge in [-0.1, -0.05) is 11.3 Å². The standard InChI is InChI=1S/C11H19N3O2S/c1-7(5-6-15)12-10(16)9-8(2)13-11(17-9)14(3)4/h7,15H,5-6H2,1-4H3,(H,12,16). The van der Waals surface area contributed by atoms with Gasteiger partial charge in [-0.05, 0) is 20.3 Å². The van der Waals surface area contributed by atoms with Crippen molar-refractivity contribution in [2.45, 2.75) is 26.3 Å². The third-order valence-electron chi connectivity index (χ3n) is 2.31. The maximum Gasteiger partial charge on any atom is 0.263 e. The highest BCUT2D eigenvalue weighted by Crippen LogP contribution is 2.24. The minimum Gasteiger partial charge on any atom is -0.396 e. The zero-order chi connectivity index (χ0) is 13.0. The minimum absolute atomic E-state index is 0.0307. The Labute approximate surface area is 105 Å². The third-order valence-corrected chi connectivity index (χ3v) is 3.64. The molecule has 0 aliphatic rings. The summed E-state index contributed by atoms with van der Waals surface area (Å²) in [7, 11) is 3.79. The summed E-state index contributed by atoms with van der Waals surface area (Å²) in [6.45, 7) is 3.78. The second-order valence-electron chi connectivity index (χ2n) is 4.19. The highest BCUT2D eigenvalue weighted by Gasteiger charge is 2.17. The molecule has 5 nitrogen and oxygen atoms in total. The van der Waals surface area contributed by atoms with Gasteiger partial charge < -0.3 is 15.3 Å². The molecule has 1 aromatic heterocycles. The van der Waals surface area contributed by atoms with Crippen LogP contribution in [0.15, 0.2) is 0 Å². The van der Waals surface area contributed by atoms with Gasteiger partial charge in [0.25, 0.3) is 5.91 Å². The quantitative estimate of drug-likeness (QED) is 0.826. The molecule has 1 aromatic rings. The Kier molecular flexibility index (Phi) is 4.89. The summed E-state index contributed by atoms with van der Waals surface area (Å²) in [4.78, 5) is 18.8. The van der Waals surface area contributed by atoms with E-state index in [0.29, 0.717) is 11.3 Å². The molecule has 1 amide bonds. The number of nitrogens with zero attached hydrogens (tertiary/aromatic N) is 2. The van der Waals surface area contributed by atoms with Crippen molar-refractivity contribution in [2.75, 3.05) is 25.6 Å². The molecular weight excluding hydrogens is 238 g/mol. The summed E-state index contributed by atoms with van der Waals surface area (Å²) in [5.41, 5.74) is 0.743. The molecule has 0 fully saturated rings. The number of hydrogen-bond donors (Lipinski definition) is 2. The average molecular weight is 257 g/mol. The summed E-state index contributed by atoms with van der Waals surface area (Å²) >= 11 is 1.38. The Balaban J connectivity index is 2.75. The lowest BCUT2D eigenvalue weighted by Crippen LogP contribution is -2.33. The Morgan fingerprint density at radius 1 is 1.59 bits per heavy atom. The van der Waals surface area contributed by atoms with Crippen LogP contribution < -0.4 is 10.2 Å². The number of aliphatic hydroxyl groups is 1. The van der Waals surface area contributed by atoms with Gasteiger partial charge in [-0.3, -0.25) is 4.79 Å². The number of aliphatic hydroxyl groups excluding tert-OH is 1. The molecule has 2 N–H and O–H groups in total. The Hall–Kier alpha value is -1.14. The van der Waals surface area contributed by atoms with Gasteiger partial charge in [0, 0.05) is 26.7 Å². The lowest BCUT2D eigenvalue weighted by atomic mass is 10.2. The van der Waals surface area contributed by atoms with Gasteiger partial charge in [-0.2, -0.15) is 0 Å². The summed E-state index contributed by atoms with van der Waals surface area (Å²) in [6.07, 6.45) is 0.560. The maximum atomic E-state index is 11.9. The van der Waals surface area contributed by atoms with E-state index in [4.69, 9.17) is 5.11 Å². The fourth-order valence-corrected chi connectivity index (χ4v) is 2.23. The first kappa shape index (κ1) is 13.9. The van der Waals surface area contributed by atoms with Crippen LogP contribution in [-0.2, 0) is 0 Å². The van der Waals surface area contributed by atoms with E-state index >= 15 is 0 Å². The van der Waals surface area contributed by atoms with E-state index in [9.17, 15) is 4.79 Å². The molecule has 17 heavy (non-hydrogen) atoms. The van der Waals surface area contributed by atoms with Gasteiger partial charge >= 0.3 is 0 Å². The highest BCUT2D eigenvalue weighted by molar-refractivity contribution is 7.17. The van der Waals surface area contributed by atoms with E-state index < -0.39 is 0 Å². The largest absolute Gasteiger partial charge is 0.396 e. The van der Waals surface area contributed by atoms with Crippen molar-refractivity contribution in [3.8, 4) is 0 Å². The number of amides is 1. The molecule has 0 aliphatic heterocycles. The predicted molar refractivity (Wildman–Crippen MR) is 69.8 cm³/mol. The number of aromatic nitrogens is 1. The van der Waals surface area contributed by atoms with Gasteiger partial charge in [-0.25, -0.2) is 4.98 Å². The van der Waals surface area contributed by atoms with Crippen molar-refractivity contribution in [1.29, 1.82) is 0 Å².